The van der Waals surface area contributed by atoms with Crippen LogP contribution >= 0.6 is 0 Å². The molecule has 2 atom stereocenters. The van der Waals surface area contributed by atoms with Gasteiger partial charge in [-0.05, 0) is 93.8 Å². The third kappa shape index (κ3) is 4.16. The summed E-state index contributed by atoms with van der Waals surface area (Å²) in [7, 11) is 0. The monoisotopic (exact) mass is 401 g/mol. The van der Waals surface area contributed by atoms with Crippen molar-refractivity contribution in [2.45, 2.75) is 95.6 Å². The summed E-state index contributed by atoms with van der Waals surface area (Å²) < 4.78 is 0. The highest BCUT2D eigenvalue weighted by atomic mass is 16.2. The van der Waals surface area contributed by atoms with E-state index in [4.69, 9.17) is 0 Å². The van der Waals surface area contributed by atoms with E-state index in [2.05, 4.69) is 15.5 Å². The molecule has 1 saturated heterocycles. The fourth-order valence-corrected chi connectivity index (χ4v) is 7.84. The van der Waals surface area contributed by atoms with Gasteiger partial charge in [0.2, 0.25) is 5.91 Å². The molecule has 3 amide bonds. The molecule has 2 N–H and O–H groups in total. The van der Waals surface area contributed by atoms with Gasteiger partial charge in [-0.15, -0.1) is 0 Å². The Morgan fingerprint density at radius 2 is 1.52 bits per heavy atom. The summed E-state index contributed by atoms with van der Waals surface area (Å²) in [5.41, 5.74) is 0. The van der Waals surface area contributed by atoms with E-state index in [9.17, 15) is 9.59 Å². The van der Waals surface area contributed by atoms with Gasteiger partial charge in [-0.3, -0.25) is 4.79 Å². The first kappa shape index (κ1) is 19.7. The number of piperidine rings is 1. The lowest BCUT2D eigenvalue weighted by Gasteiger charge is -2.54. The average molecular weight is 402 g/mol. The van der Waals surface area contributed by atoms with E-state index in [0.29, 0.717) is 25.0 Å². The molecule has 4 bridgehead atoms. The molecule has 5 nitrogen and oxygen atoms in total. The third-order valence-electron chi connectivity index (χ3n) is 8.92. The lowest BCUT2D eigenvalue weighted by Crippen LogP contribution is -2.55. The van der Waals surface area contributed by atoms with Gasteiger partial charge in [0.1, 0.15) is 0 Å². The average Bonchev–Trinajstić information content (AvgIpc) is 2.72. The predicted molar refractivity (Wildman–Crippen MR) is 113 cm³/mol. The molecule has 0 aromatic carbocycles. The van der Waals surface area contributed by atoms with Crippen molar-refractivity contribution >= 4 is 11.9 Å². The first-order valence-electron chi connectivity index (χ1n) is 12.5. The fourth-order valence-electron chi connectivity index (χ4n) is 7.84. The minimum Gasteiger partial charge on any atom is -0.353 e. The summed E-state index contributed by atoms with van der Waals surface area (Å²) in [6.45, 7) is 1.52. The van der Waals surface area contributed by atoms with Crippen molar-refractivity contribution in [2.24, 2.45) is 29.6 Å². The Morgan fingerprint density at radius 3 is 2.28 bits per heavy atom. The van der Waals surface area contributed by atoms with Gasteiger partial charge in [0.25, 0.3) is 0 Å². The van der Waals surface area contributed by atoms with E-state index in [-0.39, 0.29) is 11.9 Å². The minimum atomic E-state index is 0.100. The number of carbonyl (C=O) groups excluding carboxylic acids is 2. The van der Waals surface area contributed by atoms with Gasteiger partial charge in [-0.2, -0.15) is 0 Å². The van der Waals surface area contributed by atoms with Crippen LogP contribution in [0.1, 0.15) is 83.5 Å². The third-order valence-corrected chi connectivity index (χ3v) is 8.92. The number of urea groups is 1. The number of nitrogens with one attached hydrogen (secondary N) is 2. The number of rotatable bonds is 5. The second-order valence-corrected chi connectivity index (χ2v) is 10.8. The Kier molecular flexibility index (Phi) is 5.75. The van der Waals surface area contributed by atoms with Gasteiger partial charge in [0.15, 0.2) is 0 Å². The number of hydrogen-bond donors (Lipinski definition) is 2. The van der Waals surface area contributed by atoms with Gasteiger partial charge in [-0.25, -0.2) is 4.79 Å². The molecule has 29 heavy (non-hydrogen) atoms. The molecular weight excluding hydrogens is 362 g/mol. The number of hydrogen-bond acceptors (Lipinski definition) is 2. The van der Waals surface area contributed by atoms with Crippen LogP contribution in [0.5, 0.6) is 0 Å². The summed E-state index contributed by atoms with van der Waals surface area (Å²) in [6, 6.07) is 0.988. The van der Waals surface area contributed by atoms with Crippen LogP contribution in [0, 0.1) is 29.6 Å². The van der Waals surface area contributed by atoms with Crippen LogP contribution in [0.2, 0.25) is 0 Å². The Balaban J connectivity index is 1.03. The Hall–Kier alpha value is -1.26. The number of nitrogens with zero attached hydrogens (tertiary/aromatic N) is 1. The quantitative estimate of drug-likeness (QED) is 0.682. The topological polar surface area (TPSA) is 61.4 Å². The van der Waals surface area contributed by atoms with Crippen molar-refractivity contribution in [2.75, 3.05) is 13.1 Å². The summed E-state index contributed by atoms with van der Waals surface area (Å²) >= 11 is 0. The van der Waals surface area contributed by atoms with Gasteiger partial charge >= 0.3 is 6.03 Å². The van der Waals surface area contributed by atoms with E-state index in [1.165, 1.54) is 64.2 Å². The molecule has 162 valence electrons. The first-order chi connectivity index (χ1) is 14.2. The van der Waals surface area contributed by atoms with Crippen LogP contribution in [0.25, 0.3) is 0 Å². The second kappa shape index (κ2) is 8.47. The second-order valence-electron chi connectivity index (χ2n) is 10.8. The molecule has 0 aromatic heterocycles. The van der Waals surface area contributed by atoms with Gasteiger partial charge in [0.05, 0.1) is 0 Å². The fraction of sp³-hybridized carbons (Fsp3) is 0.917. The van der Waals surface area contributed by atoms with Crippen molar-refractivity contribution in [3.05, 3.63) is 0 Å². The lowest BCUT2D eigenvalue weighted by atomic mass is 9.54. The number of likely N-dealkylation sites (tertiary alicyclic amines) is 1. The molecule has 0 radical (unpaired) electrons. The molecule has 1 heterocycles. The van der Waals surface area contributed by atoms with Crippen molar-refractivity contribution in [1.29, 1.82) is 0 Å². The Morgan fingerprint density at radius 1 is 0.828 bits per heavy atom. The van der Waals surface area contributed by atoms with Crippen molar-refractivity contribution in [3.8, 4) is 0 Å². The zero-order valence-corrected chi connectivity index (χ0v) is 17.9. The van der Waals surface area contributed by atoms with Crippen LogP contribution in [0.15, 0.2) is 0 Å². The van der Waals surface area contributed by atoms with Crippen LogP contribution < -0.4 is 10.6 Å². The highest BCUT2D eigenvalue weighted by Gasteiger charge is 2.48. The summed E-state index contributed by atoms with van der Waals surface area (Å²) in [4.78, 5) is 27.3. The predicted octanol–water partition coefficient (Wildman–Crippen LogP) is 4.07. The highest BCUT2D eigenvalue weighted by molar-refractivity contribution is 5.77. The van der Waals surface area contributed by atoms with Crippen LogP contribution in [-0.4, -0.2) is 42.0 Å². The summed E-state index contributed by atoms with van der Waals surface area (Å²) in [6.07, 6.45) is 15.6. The Bertz CT molecular complexity index is 591. The zero-order chi connectivity index (χ0) is 19.8. The van der Waals surface area contributed by atoms with E-state index >= 15 is 0 Å². The molecule has 0 spiro atoms. The van der Waals surface area contributed by atoms with E-state index < -0.39 is 0 Å². The first-order valence-corrected chi connectivity index (χ1v) is 12.5. The molecule has 1 aliphatic heterocycles. The molecular formula is C24H39N3O2. The molecule has 6 aliphatic rings. The van der Waals surface area contributed by atoms with Crippen molar-refractivity contribution in [1.82, 2.24) is 15.5 Å². The molecule has 6 rings (SSSR count). The largest absolute Gasteiger partial charge is 0.353 e. The van der Waals surface area contributed by atoms with Crippen molar-refractivity contribution in [3.63, 3.8) is 0 Å². The zero-order valence-electron chi connectivity index (χ0n) is 17.9. The maximum absolute atomic E-state index is 12.7. The number of carbonyl (C=O) groups is 2. The van der Waals surface area contributed by atoms with E-state index in [1.54, 1.807) is 0 Å². The smallest absolute Gasteiger partial charge is 0.317 e. The van der Waals surface area contributed by atoms with Crippen LogP contribution in [0.3, 0.4) is 0 Å². The SMILES string of the molecule is O=C(CCCNC(=O)N1CCCC2CCCCC21)NC1C2CC3CC(C2)CC1C3. The minimum absolute atomic E-state index is 0.100. The van der Waals surface area contributed by atoms with Crippen LogP contribution in [-0.2, 0) is 4.79 Å². The van der Waals surface area contributed by atoms with Crippen LogP contribution in [0.4, 0.5) is 4.79 Å². The Labute approximate surface area is 175 Å². The van der Waals surface area contributed by atoms with Gasteiger partial charge < -0.3 is 15.5 Å². The lowest BCUT2D eigenvalue weighted by molar-refractivity contribution is -0.125. The van der Waals surface area contributed by atoms with Gasteiger partial charge in [0, 0.05) is 31.6 Å². The summed E-state index contributed by atoms with van der Waals surface area (Å²) in [5, 5.41) is 6.49. The molecule has 2 unspecified atom stereocenters. The summed E-state index contributed by atoms with van der Waals surface area (Å²) in [5.74, 6) is 4.27. The molecule has 5 aliphatic carbocycles. The number of fused-ring (bicyclic) bond motifs is 1. The van der Waals surface area contributed by atoms with E-state index in [0.717, 1.165) is 49.0 Å². The maximum atomic E-state index is 12.7. The molecule has 5 heteroatoms. The van der Waals surface area contributed by atoms with E-state index in [1.807, 2.05) is 0 Å². The molecule has 0 aromatic rings. The standard InChI is InChI=1S/C24H39N3O2/c28-22(26-23-19-12-16-11-17(14-19)15-20(23)13-16)8-3-9-25-24(29)27-10-4-6-18-5-1-2-7-21(18)27/h16-21,23H,1-15H2,(H,25,29)(H,26,28). The number of amides is 3. The molecule has 5 saturated carbocycles. The normalized spacial score (nSPS) is 40.4. The highest BCUT2D eigenvalue weighted by Crippen LogP contribution is 2.53. The maximum Gasteiger partial charge on any atom is 0.317 e. The van der Waals surface area contributed by atoms with Crippen molar-refractivity contribution < 1.29 is 9.59 Å². The van der Waals surface area contributed by atoms with Gasteiger partial charge in [-0.1, -0.05) is 12.8 Å². The molecule has 6 fully saturated rings.